The number of hydrogen-bond acceptors (Lipinski definition) is 4. The number of thioether (sulfide) groups is 1. The first-order valence-electron chi connectivity index (χ1n) is 4.79. The molecule has 4 nitrogen and oxygen atoms in total. The molecule has 5 heteroatoms. The zero-order chi connectivity index (χ0) is 11.5. The Morgan fingerprint density at radius 2 is 1.88 bits per heavy atom. The van der Waals surface area contributed by atoms with E-state index in [1.807, 2.05) is 0 Å². The number of hydrogen-bond donors (Lipinski definition) is 1. The van der Waals surface area contributed by atoms with Crippen molar-refractivity contribution in [2.45, 2.75) is 10.1 Å². The Balaban J connectivity index is 2.03. The van der Waals surface area contributed by atoms with Crippen LogP contribution in [0, 0.1) is 0 Å². The Kier molecular flexibility index (Phi) is 3.26. The maximum absolute atomic E-state index is 11.1. The highest BCUT2D eigenvalue weighted by Gasteiger charge is 2.20. The Hall–Kier alpha value is -1.33. The molecule has 0 saturated carbocycles. The number of carboxylic acids is 1. The summed E-state index contributed by atoms with van der Waals surface area (Å²) < 4.78 is 5.05. The molecule has 1 saturated heterocycles. The fraction of sp³-hybridized carbons (Fsp3) is 0.273. The summed E-state index contributed by atoms with van der Waals surface area (Å²) in [6.45, 7) is 1.50. The van der Waals surface area contributed by atoms with E-state index in [4.69, 9.17) is 9.84 Å². The lowest BCUT2D eigenvalue weighted by atomic mass is 10.1. The molecule has 0 atom stereocenters. The molecule has 0 unspecified atom stereocenters. The molecule has 0 amide bonds. The molecular formula is C11H10O4S. The van der Waals surface area contributed by atoms with Crippen LogP contribution in [-0.4, -0.2) is 35.3 Å². The van der Waals surface area contributed by atoms with E-state index in [1.165, 1.54) is 12.1 Å². The minimum Gasteiger partial charge on any atom is -0.475 e. The average Bonchev–Trinajstić information content (AvgIpc) is 2.23. The maximum Gasteiger partial charge on any atom is 0.377 e. The van der Waals surface area contributed by atoms with Crippen LogP contribution in [0.25, 0.3) is 0 Å². The van der Waals surface area contributed by atoms with Crippen LogP contribution in [0.4, 0.5) is 0 Å². The van der Waals surface area contributed by atoms with Crippen LogP contribution < -0.4 is 0 Å². The van der Waals surface area contributed by atoms with E-state index in [0.717, 1.165) is 18.1 Å². The predicted molar refractivity (Wildman–Crippen MR) is 58.9 cm³/mol. The minimum atomic E-state index is -1.42. The molecule has 0 bridgehead atoms. The van der Waals surface area contributed by atoms with E-state index in [2.05, 4.69) is 0 Å². The van der Waals surface area contributed by atoms with Crippen LogP contribution in [0.2, 0.25) is 0 Å². The van der Waals surface area contributed by atoms with Crippen molar-refractivity contribution < 1.29 is 19.4 Å². The van der Waals surface area contributed by atoms with Gasteiger partial charge < -0.3 is 9.84 Å². The van der Waals surface area contributed by atoms with Crippen molar-refractivity contribution in [3.63, 3.8) is 0 Å². The van der Waals surface area contributed by atoms with Crippen LogP contribution >= 0.6 is 11.8 Å². The molecule has 0 radical (unpaired) electrons. The number of ether oxygens (including phenoxy) is 1. The van der Waals surface area contributed by atoms with Gasteiger partial charge in [-0.1, -0.05) is 0 Å². The number of carbonyl (C=O) groups is 2. The summed E-state index contributed by atoms with van der Waals surface area (Å²) in [5.74, 6) is -2.30. The summed E-state index contributed by atoms with van der Waals surface area (Å²) in [7, 11) is 0. The number of carbonyl (C=O) groups excluding carboxylic acids is 1. The Morgan fingerprint density at radius 3 is 2.31 bits per heavy atom. The Bertz CT molecular complexity index is 408. The molecule has 1 aromatic carbocycles. The van der Waals surface area contributed by atoms with Crippen molar-refractivity contribution in [3.05, 3.63) is 29.8 Å². The molecule has 1 heterocycles. The number of carboxylic acid groups (broad SMARTS) is 1. The zero-order valence-corrected chi connectivity index (χ0v) is 9.20. The third kappa shape index (κ3) is 2.43. The van der Waals surface area contributed by atoms with Gasteiger partial charge in [-0.2, -0.15) is 0 Å². The first kappa shape index (κ1) is 11.2. The maximum atomic E-state index is 11.1. The van der Waals surface area contributed by atoms with Crippen molar-refractivity contribution in [1.82, 2.24) is 0 Å². The van der Waals surface area contributed by atoms with Gasteiger partial charge in [-0.15, -0.1) is 11.8 Å². The summed E-state index contributed by atoms with van der Waals surface area (Å²) in [5, 5.41) is 9.00. The first-order chi connectivity index (χ1) is 7.66. The second-order valence-corrected chi connectivity index (χ2v) is 4.81. The van der Waals surface area contributed by atoms with Crippen molar-refractivity contribution in [3.8, 4) is 0 Å². The molecule has 1 N–H and O–H groups in total. The summed E-state index contributed by atoms with van der Waals surface area (Å²) >= 11 is 1.68. The van der Waals surface area contributed by atoms with Crippen molar-refractivity contribution in [2.24, 2.45) is 0 Å². The van der Waals surface area contributed by atoms with E-state index < -0.39 is 11.8 Å². The average molecular weight is 238 g/mol. The third-order valence-corrected chi connectivity index (χ3v) is 3.37. The van der Waals surface area contributed by atoms with Gasteiger partial charge in [-0.3, -0.25) is 4.79 Å². The molecule has 1 fully saturated rings. The molecule has 84 valence electrons. The van der Waals surface area contributed by atoms with Gasteiger partial charge in [-0.25, -0.2) is 4.79 Å². The highest BCUT2D eigenvalue weighted by Crippen LogP contribution is 2.27. The van der Waals surface area contributed by atoms with Crippen LogP contribution in [0.15, 0.2) is 29.2 Å². The highest BCUT2D eigenvalue weighted by molar-refractivity contribution is 8.00. The molecule has 2 rings (SSSR count). The quantitative estimate of drug-likeness (QED) is 0.635. The lowest BCUT2D eigenvalue weighted by Crippen LogP contribution is -2.29. The third-order valence-electron chi connectivity index (χ3n) is 2.22. The van der Waals surface area contributed by atoms with Gasteiger partial charge in [0.15, 0.2) is 0 Å². The van der Waals surface area contributed by atoms with Gasteiger partial charge >= 0.3 is 5.97 Å². The fourth-order valence-electron chi connectivity index (χ4n) is 1.28. The van der Waals surface area contributed by atoms with Gasteiger partial charge in [0.1, 0.15) is 0 Å². The highest BCUT2D eigenvalue weighted by atomic mass is 32.2. The van der Waals surface area contributed by atoms with Gasteiger partial charge in [0.25, 0.3) is 5.78 Å². The standard InChI is InChI=1S/C11H10O4S/c12-10(11(13)14)7-1-3-8(4-2-7)16-9-5-15-6-9/h1-4,9H,5-6H2,(H,13,14). The van der Waals surface area contributed by atoms with Crippen molar-refractivity contribution >= 4 is 23.5 Å². The van der Waals surface area contributed by atoms with Crippen LogP contribution in [0.5, 0.6) is 0 Å². The van der Waals surface area contributed by atoms with E-state index >= 15 is 0 Å². The summed E-state index contributed by atoms with van der Waals surface area (Å²) in [6.07, 6.45) is 0. The predicted octanol–water partition coefficient (Wildman–Crippen LogP) is 1.44. The smallest absolute Gasteiger partial charge is 0.377 e. The Morgan fingerprint density at radius 1 is 1.25 bits per heavy atom. The van der Waals surface area contributed by atoms with E-state index in [0.29, 0.717) is 5.25 Å². The van der Waals surface area contributed by atoms with Crippen LogP contribution in [0.3, 0.4) is 0 Å². The fourth-order valence-corrected chi connectivity index (χ4v) is 2.29. The largest absolute Gasteiger partial charge is 0.475 e. The van der Waals surface area contributed by atoms with Gasteiger partial charge in [0.05, 0.1) is 18.5 Å². The molecular weight excluding hydrogens is 228 g/mol. The summed E-state index contributed by atoms with van der Waals surface area (Å²) in [6, 6.07) is 6.61. The summed E-state index contributed by atoms with van der Waals surface area (Å²) in [4.78, 5) is 22.6. The molecule has 0 spiro atoms. The van der Waals surface area contributed by atoms with Gasteiger partial charge in [-0.05, 0) is 24.3 Å². The lowest BCUT2D eigenvalue weighted by Gasteiger charge is -2.25. The second kappa shape index (κ2) is 4.67. The number of Topliss-reactive ketones (excluding diaryl/α,β-unsaturated/α-hetero) is 1. The Labute approximate surface area is 96.6 Å². The topological polar surface area (TPSA) is 63.6 Å². The molecule has 0 aromatic heterocycles. The molecule has 16 heavy (non-hydrogen) atoms. The number of rotatable bonds is 4. The molecule has 1 aromatic rings. The van der Waals surface area contributed by atoms with Crippen molar-refractivity contribution in [1.29, 1.82) is 0 Å². The molecule has 0 aliphatic carbocycles. The molecule has 1 aliphatic heterocycles. The number of aliphatic carboxylic acids is 1. The number of ketones is 1. The molecule has 1 aliphatic rings. The van der Waals surface area contributed by atoms with Crippen molar-refractivity contribution in [2.75, 3.05) is 13.2 Å². The lowest BCUT2D eigenvalue weighted by molar-refractivity contribution is -0.131. The zero-order valence-electron chi connectivity index (χ0n) is 8.38. The normalized spacial score (nSPS) is 15.5. The first-order valence-corrected chi connectivity index (χ1v) is 5.67. The van der Waals surface area contributed by atoms with Gasteiger partial charge in [0.2, 0.25) is 0 Å². The minimum absolute atomic E-state index is 0.210. The van der Waals surface area contributed by atoms with E-state index in [1.54, 1.807) is 23.9 Å². The monoisotopic (exact) mass is 238 g/mol. The van der Waals surface area contributed by atoms with Crippen LogP contribution in [0.1, 0.15) is 10.4 Å². The number of benzene rings is 1. The summed E-state index contributed by atoms with van der Waals surface area (Å²) in [5.41, 5.74) is 0.210. The van der Waals surface area contributed by atoms with E-state index in [9.17, 15) is 9.59 Å². The van der Waals surface area contributed by atoms with E-state index in [-0.39, 0.29) is 5.56 Å². The van der Waals surface area contributed by atoms with Gasteiger partial charge in [0, 0.05) is 10.5 Å². The second-order valence-electron chi connectivity index (χ2n) is 3.44. The van der Waals surface area contributed by atoms with Crippen LogP contribution in [-0.2, 0) is 9.53 Å². The SMILES string of the molecule is O=C(O)C(=O)c1ccc(SC2COC2)cc1.